The van der Waals surface area contributed by atoms with Gasteiger partial charge in [0.1, 0.15) is 17.3 Å². The highest BCUT2D eigenvalue weighted by molar-refractivity contribution is 9.10. The van der Waals surface area contributed by atoms with Crippen LogP contribution in [0.25, 0.3) is 0 Å². The Balaban J connectivity index is 1.64. The Morgan fingerprint density at radius 2 is 1.93 bits per heavy atom. The van der Waals surface area contributed by atoms with Gasteiger partial charge in [-0.2, -0.15) is 0 Å². The third-order valence-corrected chi connectivity index (χ3v) is 5.96. The fraction of sp³-hybridized carbons (Fsp3) is 0.105. The van der Waals surface area contributed by atoms with Crippen LogP contribution < -0.4 is 9.46 Å². The smallest absolute Gasteiger partial charge is 0.240 e. The van der Waals surface area contributed by atoms with Gasteiger partial charge in [0.25, 0.3) is 0 Å². The largest absolute Gasteiger partial charge is 0.495 e. The van der Waals surface area contributed by atoms with E-state index in [1.807, 2.05) is 0 Å². The number of rotatable bonds is 7. The molecule has 6 nitrogen and oxygen atoms in total. The normalized spacial score (nSPS) is 11.8. The summed E-state index contributed by atoms with van der Waals surface area (Å²) in [5.74, 6) is 1.53. The summed E-state index contributed by atoms with van der Waals surface area (Å²) in [6.45, 7) is 0.0284. The SMILES string of the molecule is COc1ccc(N=Cc2ccc(CNS(=O)(=O)c3ccc(Br)cc3)o2)cc1Cl. The van der Waals surface area contributed by atoms with Gasteiger partial charge in [-0.15, -0.1) is 0 Å². The van der Waals surface area contributed by atoms with Crippen molar-refractivity contribution in [1.29, 1.82) is 0 Å². The average Bonchev–Trinajstić information content (AvgIpc) is 3.13. The minimum atomic E-state index is -3.62. The Bertz CT molecular complexity index is 1100. The molecule has 9 heteroatoms. The van der Waals surface area contributed by atoms with Crippen LogP contribution in [0, 0.1) is 0 Å². The molecule has 0 spiro atoms. The first-order valence-corrected chi connectivity index (χ1v) is 10.7. The Labute approximate surface area is 176 Å². The summed E-state index contributed by atoms with van der Waals surface area (Å²) in [4.78, 5) is 4.47. The molecule has 0 radical (unpaired) electrons. The second kappa shape index (κ2) is 8.91. The lowest BCUT2D eigenvalue weighted by atomic mass is 10.3. The van der Waals surface area contributed by atoms with Crippen LogP contribution >= 0.6 is 27.5 Å². The second-order valence-electron chi connectivity index (χ2n) is 5.66. The molecule has 3 rings (SSSR count). The lowest BCUT2D eigenvalue weighted by molar-refractivity contribution is 0.415. The highest BCUT2D eigenvalue weighted by atomic mass is 79.9. The van der Waals surface area contributed by atoms with E-state index in [2.05, 4.69) is 25.6 Å². The molecule has 0 aliphatic rings. The average molecular weight is 484 g/mol. The monoisotopic (exact) mass is 482 g/mol. The van der Waals surface area contributed by atoms with E-state index < -0.39 is 10.0 Å². The number of hydrogen-bond acceptors (Lipinski definition) is 5. The van der Waals surface area contributed by atoms with Gasteiger partial charge in [-0.1, -0.05) is 27.5 Å². The maximum absolute atomic E-state index is 12.3. The van der Waals surface area contributed by atoms with Crippen molar-refractivity contribution in [3.63, 3.8) is 0 Å². The van der Waals surface area contributed by atoms with Crippen LogP contribution in [0.15, 0.2) is 73.4 Å². The van der Waals surface area contributed by atoms with Crippen molar-refractivity contribution in [2.75, 3.05) is 7.11 Å². The Kier molecular flexibility index (Phi) is 6.56. The van der Waals surface area contributed by atoms with Crippen molar-refractivity contribution in [3.8, 4) is 5.75 Å². The van der Waals surface area contributed by atoms with E-state index in [1.54, 1.807) is 49.6 Å². The van der Waals surface area contributed by atoms with E-state index in [1.165, 1.54) is 18.3 Å². The van der Waals surface area contributed by atoms with Gasteiger partial charge in [-0.25, -0.2) is 13.1 Å². The molecule has 1 heterocycles. The number of ether oxygens (including phenoxy) is 1. The van der Waals surface area contributed by atoms with Crippen LogP contribution in [-0.2, 0) is 16.6 Å². The molecule has 0 unspecified atom stereocenters. The number of hydrogen-bond donors (Lipinski definition) is 1. The van der Waals surface area contributed by atoms with Crippen molar-refractivity contribution < 1.29 is 17.6 Å². The molecule has 0 aliphatic heterocycles. The molecule has 28 heavy (non-hydrogen) atoms. The number of nitrogens with one attached hydrogen (secondary N) is 1. The molecular formula is C19H16BrClN2O4S. The third kappa shape index (κ3) is 5.23. The molecule has 0 amide bonds. The summed E-state index contributed by atoms with van der Waals surface area (Å²) >= 11 is 9.35. The number of sulfonamides is 1. The second-order valence-corrected chi connectivity index (χ2v) is 8.75. The molecule has 2 aromatic carbocycles. The van der Waals surface area contributed by atoms with Crippen LogP contribution in [0.1, 0.15) is 11.5 Å². The zero-order valence-corrected chi connectivity index (χ0v) is 17.9. The molecule has 0 saturated carbocycles. The first kappa shape index (κ1) is 20.6. The van der Waals surface area contributed by atoms with E-state index in [0.717, 1.165) is 4.47 Å². The lowest BCUT2D eigenvalue weighted by Gasteiger charge is -2.05. The molecule has 0 saturated heterocycles. The number of nitrogens with zero attached hydrogens (tertiary/aromatic N) is 1. The minimum absolute atomic E-state index is 0.0284. The summed E-state index contributed by atoms with van der Waals surface area (Å²) in [7, 11) is -2.08. The fourth-order valence-electron chi connectivity index (χ4n) is 2.30. The Hall–Kier alpha value is -2.13. The number of aliphatic imine (C=N–C) groups is 1. The molecule has 3 aromatic rings. The van der Waals surface area contributed by atoms with Crippen LogP contribution in [0.5, 0.6) is 5.75 Å². The predicted octanol–water partition coefficient (Wildman–Crippen LogP) is 4.93. The van der Waals surface area contributed by atoms with Gasteiger partial charge in [0, 0.05) is 4.47 Å². The standard InChI is InChI=1S/C19H16BrClN2O4S/c1-26-19-9-4-14(10-18(19)21)22-11-15-5-6-16(27-15)12-23-28(24,25)17-7-2-13(20)3-8-17/h2-11,23H,12H2,1H3. The van der Waals surface area contributed by atoms with Gasteiger partial charge in [0.15, 0.2) is 0 Å². The lowest BCUT2D eigenvalue weighted by Crippen LogP contribution is -2.22. The van der Waals surface area contributed by atoms with Crippen molar-refractivity contribution in [1.82, 2.24) is 4.72 Å². The van der Waals surface area contributed by atoms with Gasteiger partial charge in [0.05, 0.1) is 35.5 Å². The summed E-state index contributed by atoms with van der Waals surface area (Å²) in [6.07, 6.45) is 1.53. The van der Waals surface area contributed by atoms with Crippen molar-refractivity contribution >= 4 is 49.5 Å². The van der Waals surface area contributed by atoms with Crippen molar-refractivity contribution in [3.05, 3.63) is 75.6 Å². The molecule has 146 valence electrons. The van der Waals surface area contributed by atoms with Crippen LogP contribution in [0.2, 0.25) is 5.02 Å². The number of furan rings is 1. The van der Waals surface area contributed by atoms with E-state index in [9.17, 15) is 8.42 Å². The van der Waals surface area contributed by atoms with E-state index in [-0.39, 0.29) is 11.4 Å². The van der Waals surface area contributed by atoms with Crippen LogP contribution in [-0.4, -0.2) is 21.7 Å². The van der Waals surface area contributed by atoms with E-state index in [4.69, 9.17) is 20.8 Å². The topological polar surface area (TPSA) is 80.9 Å². The number of benzene rings is 2. The Morgan fingerprint density at radius 1 is 1.18 bits per heavy atom. The van der Waals surface area contributed by atoms with Gasteiger partial charge in [-0.05, 0) is 54.6 Å². The molecule has 0 bridgehead atoms. The molecule has 0 atom stereocenters. The summed E-state index contributed by atoms with van der Waals surface area (Å²) < 4.78 is 38.6. The quantitative estimate of drug-likeness (QED) is 0.483. The molecule has 0 fully saturated rings. The summed E-state index contributed by atoms with van der Waals surface area (Å²) in [5, 5.41) is 0.458. The van der Waals surface area contributed by atoms with Gasteiger partial charge >= 0.3 is 0 Å². The van der Waals surface area contributed by atoms with Crippen LogP contribution in [0.4, 0.5) is 5.69 Å². The maximum Gasteiger partial charge on any atom is 0.240 e. The fourth-order valence-corrected chi connectivity index (χ4v) is 3.81. The third-order valence-electron chi connectivity index (χ3n) is 3.72. The van der Waals surface area contributed by atoms with Gasteiger partial charge < -0.3 is 9.15 Å². The van der Waals surface area contributed by atoms with E-state index in [0.29, 0.717) is 28.0 Å². The highest BCUT2D eigenvalue weighted by Gasteiger charge is 2.14. The summed E-state index contributed by atoms with van der Waals surface area (Å²) in [6, 6.07) is 14.9. The molecule has 1 aromatic heterocycles. The first-order valence-electron chi connectivity index (χ1n) is 8.09. The first-order chi connectivity index (χ1) is 13.4. The van der Waals surface area contributed by atoms with Crippen molar-refractivity contribution in [2.45, 2.75) is 11.4 Å². The zero-order valence-electron chi connectivity index (χ0n) is 14.7. The molecule has 0 aliphatic carbocycles. The molecular weight excluding hydrogens is 468 g/mol. The molecule has 1 N–H and O–H groups in total. The van der Waals surface area contributed by atoms with Gasteiger partial charge in [0.2, 0.25) is 10.0 Å². The van der Waals surface area contributed by atoms with Crippen molar-refractivity contribution in [2.24, 2.45) is 4.99 Å². The minimum Gasteiger partial charge on any atom is -0.495 e. The maximum atomic E-state index is 12.3. The van der Waals surface area contributed by atoms with Crippen LogP contribution in [0.3, 0.4) is 0 Å². The van der Waals surface area contributed by atoms with E-state index >= 15 is 0 Å². The summed E-state index contributed by atoms with van der Waals surface area (Å²) in [5.41, 5.74) is 0.639. The number of halogens is 2. The predicted molar refractivity (Wildman–Crippen MR) is 112 cm³/mol. The highest BCUT2D eigenvalue weighted by Crippen LogP contribution is 2.28. The zero-order chi connectivity index (χ0) is 20.1. The Morgan fingerprint density at radius 3 is 2.61 bits per heavy atom. The number of methoxy groups -OCH3 is 1. The van der Waals surface area contributed by atoms with Gasteiger partial charge in [-0.3, -0.25) is 4.99 Å².